The van der Waals surface area contributed by atoms with E-state index in [2.05, 4.69) is 97.1 Å². The van der Waals surface area contributed by atoms with Crippen LogP contribution in [0, 0.1) is 0 Å². The molecule has 162 valence electrons. The second-order valence-electron chi connectivity index (χ2n) is 8.74. The minimum atomic E-state index is -1.97. The van der Waals surface area contributed by atoms with Crippen LogP contribution in [0.25, 0.3) is 0 Å². The van der Waals surface area contributed by atoms with Gasteiger partial charge < -0.3 is 4.74 Å². The van der Waals surface area contributed by atoms with Crippen LogP contribution >= 0.6 is 18.6 Å². The molecule has 4 heteroatoms. The minimum Gasteiger partial charge on any atom is -0.456 e. The quantitative estimate of drug-likeness (QED) is 0.254. The van der Waals surface area contributed by atoms with Gasteiger partial charge >= 0.3 is 5.97 Å². The number of hydrogen-bond acceptors (Lipinski definition) is 3. The van der Waals surface area contributed by atoms with E-state index < -0.39 is 12.9 Å². The van der Waals surface area contributed by atoms with Crippen molar-refractivity contribution >= 4 is 40.5 Å². The van der Waals surface area contributed by atoms with E-state index in [1.54, 1.807) is 11.3 Å². The van der Waals surface area contributed by atoms with E-state index in [1.807, 2.05) is 26.8 Å². The maximum absolute atomic E-state index is 12.6. The molecule has 0 atom stereocenters. The van der Waals surface area contributed by atoms with Gasteiger partial charge in [-0.15, -0.1) is 11.3 Å². The summed E-state index contributed by atoms with van der Waals surface area (Å²) in [7, 11) is -1.97. The normalized spacial score (nSPS) is 11.8. The molecule has 4 aromatic rings. The fourth-order valence-electron chi connectivity index (χ4n) is 3.90. The van der Waals surface area contributed by atoms with Gasteiger partial charge in [-0.05, 0) is 69.3 Å². The molecule has 0 N–H and O–H groups in total. The van der Waals surface area contributed by atoms with Crippen molar-refractivity contribution in [3.05, 3.63) is 113 Å². The van der Waals surface area contributed by atoms with Crippen molar-refractivity contribution in [3.63, 3.8) is 0 Å². The SMILES string of the molecule is CC(C)(C)OC(=O)c1ccc(C[P+](c2ccccc2)(c2ccccc2)c2ccccc2)s1. The highest BCUT2D eigenvalue weighted by atomic mass is 32.1. The van der Waals surface area contributed by atoms with Crippen LogP contribution in [0.15, 0.2) is 103 Å². The molecule has 2 nitrogen and oxygen atoms in total. The van der Waals surface area contributed by atoms with Gasteiger partial charge in [-0.1, -0.05) is 54.6 Å². The number of benzene rings is 3. The van der Waals surface area contributed by atoms with E-state index in [0.717, 1.165) is 6.16 Å². The third-order valence-electron chi connectivity index (χ3n) is 5.25. The molecule has 0 bridgehead atoms. The van der Waals surface area contributed by atoms with Crippen LogP contribution in [0.3, 0.4) is 0 Å². The lowest BCUT2D eigenvalue weighted by atomic mass is 10.2. The molecule has 0 aliphatic rings. The van der Waals surface area contributed by atoms with Crippen molar-refractivity contribution in [1.29, 1.82) is 0 Å². The molecule has 0 aliphatic carbocycles. The van der Waals surface area contributed by atoms with Crippen LogP contribution in [0.4, 0.5) is 0 Å². The smallest absolute Gasteiger partial charge is 0.348 e. The average Bonchev–Trinajstić information content (AvgIpc) is 3.27. The van der Waals surface area contributed by atoms with Gasteiger partial charge in [-0.25, -0.2) is 4.79 Å². The summed E-state index contributed by atoms with van der Waals surface area (Å²) in [5.74, 6) is -0.253. The third kappa shape index (κ3) is 4.85. The number of carbonyl (C=O) groups is 1. The van der Waals surface area contributed by atoms with E-state index in [9.17, 15) is 4.79 Å². The molecule has 0 radical (unpaired) electrons. The molecule has 1 aromatic heterocycles. The monoisotopic (exact) mass is 459 g/mol. The summed E-state index contributed by atoms with van der Waals surface area (Å²) in [5, 5.41) is 4.01. The third-order valence-corrected chi connectivity index (χ3v) is 10.9. The Morgan fingerprint density at radius 3 is 1.56 bits per heavy atom. The second-order valence-corrected chi connectivity index (χ2v) is 13.4. The maximum atomic E-state index is 12.6. The molecule has 1 heterocycles. The first kappa shape index (κ1) is 22.5. The predicted molar refractivity (Wildman–Crippen MR) is 138 cm³/mol. The number of hydrogen-bond donors (Lipinski definition) is 0. The van der Waals surface area contributed by atoms with E-state index in [0.29, 0.717) is 4.88 Å². The van der Waals surface area contributed by atoms with E-state index in [1.165, 1.54) is 20.8 Å². The Morgan fingerprint density at radius 2 is 1.16 bits per heavy atom. The van der Waals surface area contributed by atoms with Crippen LogP contribution in [0.5, 0.6) is 0 Å². The zero-order chi connectivity index (χ0) is 22.6. The molecule has 3 aromatic carbocycles. The first-order valence-electron chi connectivity index (χ1n) is 10.8. The molecule has 0 unspecified atom stereocenters. The lowest BCUT2D eigenvalue weighted by Gasteiger charge is -2.27. The topological polar surface area (TPSA) is 26.3 Å². The lowest BCUT2D eigenvalue weighted by molar-refractivity contribution is 0.00752. The Labute approximate surface area is 195 Å². The van der Waals surface area contributed by atoms with E-state index in [4.69, 9.17) is 4.74 Å². The molecule has 4 rings (SSSR count). The Hall–Kier alpha value is -2.74. The van der Waals surface area contributed by atoms with Crippen molar-refractivity contribution in [3.8, 4) is 0 Å². The standard InChI is InChI=1S/C28H28O2PS/c1-28(2,3)30-27(29)26-20-19-25(32-26)21-31(22-13-7-4-8-14-22,23-15-9-5-10-16-23)24-17-11-6-12-18-24/h4-20H,21H2,1-3H3/q+1. The van der Waals surface area contributed by atoms with Gasteiger partial charge in [0.1, 0.15) is 39.8 Å². The van der Waals surface area contributed by atoms with Crippen molar-refractivity contribution < 1.29 is 9.53 Å². The van der Waals surface area contributed by atoms with Crippen molar-refractivity contribution in [2.24, 2.45) is 0 Å². The summed E-state index contributed by atoms with van der Waals surface area (Å²) in [6.45, 7) is 5.70. The van der Waals surface area contributed by atoms with Crippen molar-refractivity contribution in [2.75, 3.05) is 0 Å². The van der Waals surface area contributed by atoms with Gasteiger partial charge in [0.25, 0.3) is 0 Å². The zero-order valence-corrected chi connectivity index (χ0v) is 20.4. The summed E-state index contributed by atoms with van der Waals surface area (Å²) in [5.41, 5.74) is -0.504. The molecular formula is C28H28O2PS+. The molecule has 0 aliphatic heterocycles. The molecule has 0 saturated carbocycles. The Bertz CT molecular complexity index is 1070. The number of ether oxygens (including phenoxy) is 1. The lowest BCUT2D eigenvalue weighted by Crippen LogP contribution is -2.32. The largest absolute Gasteiger partial charge is 0.456 e. The summed E-state index contributed by atoms with van der Waals surface area (Å²) in [4.78, 5) is 14.5. The average molecular weight is 460 g/mol. The summed E-state index contributed by atoms with van der Waals surface area (Å²) < 4.78 is 5.60. The highest BCUT2D eigenvalue weighted by molar-refractivity contribution is 7.95. The van der Waals surface area contributed by atoms with Gasteiger partial charge in [-0.2, -0.15) is 0 Å². The van der Waals surface area contributed by atoms with Gasteiger partial charge in [0.15, 0.2) is 0 Å². The van der Waals surface area contributed by atoms with Crippen molar-refractivity contribution in [1.82, 2.24) is 0 Å². The maximum Gasteiger partial charge on any atom is 0.348 e. The number of carbonyl (C=O) groups excluding carboxylic acids is 1. The first-order valence-corrected chi connectivity index (χ1v) is 13.5. The molecular weight excluding hydrogens is 431 g/mol. The minimum absolute atomic E-state index is 0.253. The van der Waals surface area contributed by atoms with E-state index >= 15 is 0 Å². The van der Waals surface area contributed by atoms with Gasteiger partial charge in [-0.3, -0.25) is 0 Å². The van der Waals surface area contributed by atoms with Gasteiger partial charge in [0.05, 0.1) is 0 Å². The van der Waals surface area contributed by atoms with Gasteiger partial charge in [0, 0.05) is 4.88 Å². The fraction of sp³-hybridized carbons (Fsp3) is 0.179. The summed E-state index contributed by atoms with van der Waals surface area (Å²) in [6.07, 6.45) is 0.860. The van der Waals surface area contributed by atoms with Crippen LogP contribution in [-0.2, 0) is 10.9 Å². The predicted octanol–water partition coefficient (Wildman–Crippen LogP) is 6.20. The summed E-state index contributed by atoms with van der Waals surface area (Å²) in [6, 6.07) is 36.4. The molecule has 0 fully saturated rings. The van der Waals surface area contributed by atoms with Crippen LogP contribution in [0.1, 0.15) is 35.3 Å². The first-order chi connectivity index (χ1) is 15.4. The Balaban J connectivity index is 1.83. The number of thiophene rings is 1. The van der Waals surface area contributed by atoms with E-state index in [-0.39, 0.29) is 5.97 Å². The van der Waals surface area contributed by atoms with Gasteiger partial charge in [0.2, 0.25) is 0 Å². The second kappa shape index (κ2) is 9.40. The zero-order valence-electron chi connectivity index (χ0n) is 18.7. The molecule has 0 spiro atoms. The summed E-state index contributed by atoms with van der Waals surface area (Å²) >= 11 is 1.55. The highest BCUT2D eigenvalue weighted by Crippen LogP contribution is 2.58. The number of esters is 1. The molecule has 32 heavy (non-hydrogen) atoms. The highest BCUT2D eigenvalue weighted by Gasteiger charge is 2.45. The Kier molecular flexibility index (Phi) is 6.60. The van der Waals surface area contributed by atoms with Crippen LogP contribution in [-0.4, -0.2) is 11.6 Å². The van der Waals surface area contributed by atoms with Crippen molar-refractivity contribution in [2.45, 2.75) is 32.5 Å². The Morgan fingerprint density at radius 1 is 0.719 bits per heavy atom. The fourth-order valence-corrected chi connectivity index (χ4v) is 9.48. The molecule has 0 saturated heterocycles. The number of rotatable bonds is 6. The molecule has 0 amide bonds. The van der Waals surface area contributed by atoms with Crippen LogP contribution < -0.4 is 15.9 Å². The van der Waals surface area contributed by atoms with Crippen LogP contribution in [0.2, 0.25) is 0 Å².